The first-order valence-electron chi connectivity index (χ1n) is 12.7. The molecule has 3 heterocycles. The topological polar surface area (TPSA) is 31.0 Å². The number of aromatic nitrogens is 2. The second-order valence-electron chi connectivity index (χ2n) is 10.5. The first kappa shape index (κ1) is 20.6. The molecule has 176 valence electrons. The van der Waals surface area contributed by atoms with Crippen molar-refractivity contribution in [3.05, 3.63) is 120 Å². The van der Waals surface area contributed by atoms with Crippen LogP contribution >= 0.6 is 0 Å². The number of nitrogens with zero attached hydrogens (tertiary/aromatic N) is 2. The molecule has 1 aliphatic rings. The predicted molar refractivity (Wildman–Crippen MR) is 151 cm³/mol. The number of imidazole rings is 1. The quantitative estimate of drug-likeness (QED) is 0.249. The summed E-state index contributed by atoms with van der Waals surface area (Å²) in [6.45, 7) is 4.66. The summed E-state index contributed by atoms with van der Waals surface area (Å²) >= 11 is 0. The van der Waals surface area contributed by atoms with Crippen molar-refractivity contribution >= 4 is 33.0 Å². The van der Waals surface area contributed by atoms with E-state index < -0.39 is 0 Å². The zero-order valence-corrected chi connectivity index (χ0v) is 20.7. The molecule has 0 atom stereocenters. The van der Waals surface area contributed by atoms with E-state index in [0.29, 0.717) is 0 Å². The smallest absolute Gasteiger partial charge is 0.145 e. The Balaban J connectivity index is 1.38. The number of furan rings is 1. The molecule has 0 saturated heterocycles. The van der Waals surface area contributed by atoms with Crippen LogP contribution in [-0.2, 0) is 5.41 Å². The lowest BCUT2D eigenvalue weighted by Gasteiger charge is -2.35. The Morgan fingerprint density at radius 3 is 2.27 bits per heavy atom. The average Bonchev–Trinajstić information content (AvgIpc) is 3.51. The van der Waals surface area contributed by atoms with Gasteiger partial charge in [0.2, 0.25) is 0 Å². The molecular weight excluding hydrogens is 452 g/mol. The van der Waals surface area contributed by atoms with E-state index in [1.165, 1.54) is 33.5 Å². The second kappa shape index (κ2) is 7.21. The van der Waals surface area contributed by atoms with Crippen molar-refractivity contribution < 1.29 is 4.42 Å². The molecule has 0 fully saturated rings. The highest BCUT2D eigenvalue weighted by atomic mass is 16.3. The van der Waals surface area contributed by atoms with Gasteiger partial charge >= 0.3 is 0 Å². The van der Waals surface area contributed by atoms with Crippen LogP contribution in [0.4, 0.5) is 0 Å². The second-order valence-corrected chi connectivity index (χ2v) is 10.5. The van der Waals surface area contributed by atoms with Crippen molar-refractivity contribution in [2.75, 3.05) is 0 Å². The fraction of sp³-hybridized carbons (Fsp3) is 0.0882. The Kier molecular flexibility index (Phi) is 4.00. The number of rotatable bonds is 2. The molecule has 8 rings (SSSR count). The zero-order chi connectivity index (χ0) is 24.7. The average molecular weight is 477 g/mol. The summed E-state index contributed by atoms with van der Waals surface area (Å²) in [4.78, 5) is 5.11. The van der Waals surface area contributed by atoms with Crippen LogP contribution in [0.25, 0.3) is 61.2 Å². The van der Waals surface area contributed by atoms with Crippen molar-refractivity contribution in [1.29, 1.82) is 0 Å². The molecule has 0 unspecified atom stereocenters. The zero-order valence-electron chi connectivity index (χ0n) is 20.7. The van der Waals surface area contributed by atoms with Gasteiger partial charge in [-0.2, -0.15) is 0 Å². The van der Waals surface area contributed by atoms with Gasteiger partial charge in [0.1, 0.15) is 17.0 Å². The number of para-hydroxylation sites is 2. The summed E-state index contributed by atoms with van der Waals surface area (Å²) in [5, 5.41) is 2.30. The maximum atomic E-state index is 6.07. The van der Waals surface area contributed by atoms with E-state index in [-0.39, 0.29) is 5.41 Å². The molecule has 0 amide bonds. The Morgan fingerprint density at radius 2 is 1.38 bits per heavy atom. The summed E-state index contributed by atoms with van der Waals surface area (Å²) in [5.41, 5.74) is 11.3. The maximum Gasteiger partial charge on any atom is 0.145 e. The monoisotopic (exact) mass is 476 g/mol. The normalized spacial score (nSPS) is 13.9. The third kappa shape index (κ3) is 2.80. The Labute approximate surface area is 214 Å². The number of hydrogen-bond acceptors (Lipinski definition) is 2. The first-order valence-corrected chi connectivity index (χ1v) is 12.7. The van der Waals surface area contributed by atoms with Gasteiger partial charge in [-0.15, -0.1) is 0 Å². The molecular formula is C34H24N2O. The third-order valence-electron chi connectivity index (χ3n) is 8.00. The molecule has 37 heavy (non-hydrogen) atoms. The highest BCUT2D eigenvalue weighted by molar-refractivity contribution is 6.06. The fourth-order valence-electron chi connectivity index (χ4n) is 6.11. The molecule has 5 aromatic carbocycles. The summed E-state index contributed by atoms with van der Waals surface area (Å²) in [6.07, 6.45) is 0. The van der Waals surface area contributed by atoms with Gasteiger partial charge in [-0.05, 0) is 58.7 Å². The molecule has 7 aromatic rings. The van der Waals surface area contributed by atoms with Crippen molar-refractivity contribution in [2.45, 2.75) is 19.3 Å². The maximum absolute atomic E-state index is 6.07. The lowest BCUT2D eigenvalue weighted by molar-refractivity contribution is 0.629. The molecule has 1 aliphatic heterocycles. The highest BCUT2D eigenvalue weighted by Crippen LogP contribution is 2.47. The lowest BCUT2D eigenvalue weighted by atomic mass is 9.74. The third-order valence-corrected chi connectivity index (χ3v) is 8.00. The van der Waals surface area contributed by atoms with Crippen LogP contribution < -0.4 is 0 Å². The molecule has 0 N–H and O–H groups in total. The van der Waals surface area contributed by atoms with Crippen LogP contribution in [0, 0.1) is 0 Å². The molecule has 0 radical (unpaired) electrons. The van der Waals surface area contributed by atoms with Gasteiger partial charge in [-0.1, -0.05) is 86.6 Å². The van der Waals surface area contributed by atoms with Crippen LogP contribution in [-0.4, -0.2) is 9.55 Å². The number of hydrogen-bond donors (Lipinski definition) is 0. The van der Waals surface area contributed by atoms with Gasteiger partial charge in [-0.25, -0.2) is 4.98 Å². The number of benzene rings is 5. The van der Waals surface area contributed by atoms with Crippen LogP contribution in [0.3, 0.4) is 0 Å². The van der Waals surface area contributed by atoms with Gasteiger partial charge in [0.05, 0.1) is 16.7 Å². The molecule has 0 saturated carbocycles. The summed E-state index contributed by atoms with van der Waals surface area (Å²) in [7, 11) is 0. The van der Waals surface area contributed by atoms with Gasteiger partial charge in [0.25, 0.3) is 0 Å². The molecule has 0 bridgehead atoms. The number of fused-ring (bicyclic) bond motifs is 5. The molecule has 0 spiro atoms. The minimum absolute atomic E-state index is 0.165. The van der Waals surface area contributed by atoms with E-state index in [1.807, 2.05) is 12.1 Å². The predicted octanol–water partition coefficient (Wildman–Crippen LogP) is 8.90. The molecule has 3 heteroatoms. The molecule has 3 nitrogen and oxygen atoms in total. The van der Waals surface area contributed by atoms with E-state index in [0.717, 1.165) is 38.8 Å². The SMILES string of the molecule is CC1(C)c2cc(-c3ccc4oc5ccccc5c4c3)ccc2-n2c(-c3ccccc3)nc3cccc1c32. The first-order chi connectivity index (χ1) is 18.1. The summed E-state index contributed by atoms with van der Waals surface area (Å²) in [5.74, 6) is 0.985. The van der Waals surface area contributed by atoms with Crippen molar-refractivity contribution in [1.82, 2.24) is 9.55 Å². The van der Waals surface area contributed by atoms with Crippen molar-refractivity contribution in [3.63, 3.8) is 0 Å². The minimum Gasteiger partial charge on any atom is -0.456 e. The van der Waals surface area contributed by atoms with E-state index in [4.69, 9.17) is 9.40 Å². The van der Waals surface area contributed by atoms with E-state index in [1.54, 1.807) is 0 Å². The van der Waals surface area contributed by atoms with Crippen molar-refractivity contribution in [2.24, 2.45) is 0 Å². The Hall–Kier alpha value is -4.63. The Bertz CT molecular complexity index is 2010. The fourth-order valence-corrected chi connectivity index (χ4v) is 6.11. The summed E-state index contributed by atoms with van der Waals surface area (Å²) in [6, 6.07) is 38.7. The van der Waals surface area contributed by atoms with E-state index >= 15 is 0 Å². The highest BCUT2D eigenvalue weighted by Gasteiger charge is 2.35. The van der Waals surface area contributed by atoms with E-state index in [9.17, 15) is 0 Å². The lowest BCUT2D eigenvalue weighted by Crippen LogP contribution is -2.26. The van der Waals surface area contributed by atoms with Gasteiger partial charge < -0.3 is 4.42 Å². The van der Waals surface area contributed by atoms with E-state index in [2.05, 4.69) is 115 Å². The standard InChI is InChI=1S/C34H24N2O/c1-34(2)26-12-8-13-28-32(26)36(33(35-28)21-9-4-3-5-10-21)29-17-15-23(20-27(29)34)22-16-18-31-25(19-22)24-11-6-7-14-30(24)37-31/h3-20H,1-2H3. The van der Waals surface area contributed by atoms with Gasteiger partial charge in [0.15, 0.2) is 0 Å². The van der Waals surface area contributed by atoms with Crippen LogP contribution in [0.2, 0.25) is 0 Å². The van der Waals surface area contributed by atoms with Crippen molar-refractivity contribution in [3.8, 4) is 28.2 Å². The van der Waals surface area contributed by atoms with Crippen LogP contribution in [0.15, 0.2) is 114 Å². The van der Waals surface area contributed by atoms with Crippen LogP contribution in [0.1, 0.15) is 25.0 Å². The van der Waals surface area contributed by atoms with Gasteiger partial charge in [-0.3, -0.25) is 4.57 Å². The van der Waals surface area contributed by atoms with Crippen LogP contribution in [0.5, 0.6) is 0 Å². The minimum atomic E-state index is -0.165. The van der Waals surface area contributed by atoms with Gasteiger partial charge in [0, 0.05) is 21.8 Å². The molecule has 0 aliphatic carbocycles. The Morgan fingerprint density at radius 1 is 0.622 bits per heavy atom. The summed E-state index contributed by atoms with van der Waals surface area (Å²) < 4.78 is 8.43. The molecule has 2 aromatic heterocycles. The largest absolute Gasteiger partial charge is 0.456 e.